The number of hydrogen-bond donors (Lipinski definition) is 1. The predicted molar refractivity (Wildman–Crippen MR) is 148 cm³/mol. The summed E-state index contributed by atoms with van der Waals surface area (Å²) in [7, 11) is 1.60. The van der Waals surface area contributed by atoms with E-state index in [4.69, 9.17) is 13.9 Å². The summed E-state index contributed by atoms with van der Waals surface area (Å²) in [5.74, 6) is 1.40. The molecule has 0 spiro atoms. The number of halogens is 3. The first-order chi connectivity index (χ1) is 19.7. The second-order valence-corrected chi connectivity index (χ2v) is 9.93. The molecular weight excluding hydrogens is 533 g/mol. The summed E-state index contributed by atoms with van der Waals surface area (Å²) in [6, 6.07) is 22.5. The fraction of sp³-hybridized carbons (Fsp3) is 0.219. The number of methoxy groups -OCH3 is 1. The van der Waals surface area contributed by atoms with Crippen molar-refractivity contribution >= 4 is 16.8 Å². The molecule has 6 nitrogen and oxygen atoms in total. The van der Waals surface area contributed by atoms with E-state index in [1.165, 1.54) is 24.3 Å². The molecule has 1 aliphatic rings. The maximum absolute atomic E-state index is 13.9. The van der Waals surface area contributed by atoms with Crippen LogP contribution in [0.4, 0.5) is 13.2 Å². The molecule has 0 saturated carbocycles. The summed E-state index contributed by atoms with van der Waals surface area (Å²) in [4.78, 5) is 19.0. The average Bonchev–Trinajstić information content (AvgIpc) is 3.61. The molecule has 3 aromatic carbocycles. The molecule has 1 N–H and O–H groups in total. The standard InChI is InChI=1S/C32H27F3N2O4/c1-19(40-20-8-4-3-5-9-20)31(38)37-17-16-22-24-18-21(39-2)12-13-26(24)36-29(22)30(37)28-15-14-27(41-28)23-10-6-7-11-25(23)32(33,34)35/h3-15,18-19,30,36H,16-17H2,1-2H3/t19-,30-/m1/s1. The number of hydrogen-bond acceptors (Lipinski definition) is 4. The Morgan fingerprint density at radius 1 is 1.00 bits per heavy atom. The lowest BCUT2D eigenvalue weighted by molar-refractivity contribution is -0.140. The first-order valence-corrected chi connectivity index (χ1v) is 13.2. The monoisotopic (exact) mass is 560 g/mol. The van der Waals surface area contributed by atoms with E-state index in [0.717, 1.165) is 28.2 Å². The van der Waals surface area contributed by atoms with Gasteiger partial charge in [0.2, 0.25) is 0 Å². The quantitative estimate of drug-likeness (QED) is 0.235. The lowest BCUT2D eigenvalue weighted by atomic mass is 9.95. The normalized spacial score (nSPS) is 15.9. The summed E-state index contributed by atoms with van der Waals surface area (Å²) >= 11 is 0. The van der Waals surface area contributed by atoms with Crippen LogP contribution in [0, 0.1) is 0 Å². The van der Waals surface area contributed by atoms with E-state index in [-0.39, 0.29) is 17.2 Å². The number of aromatic amines is 1. The van der Waals surface area contributed by atoms with Crippen molar-refractivity contribution in [2.45, 2.75) is 31.7 Å². The third-order valence-electron chi connectivity index (χ3n) is 7.42. The molecular formula is C32H27F3N2O4. The molecule has 5 aromatic rings. The number of carbonyl (C=O) groups excluding carboxylic acids is 1. The van der Waals surface area contributed by atoms with Gasteiger partial charge in [-0.05, 0) is 67.4 Å². The second-order valence-electron chi connectivity index (χ2n) is 9.93. The number of amides is 1. The molecule has 1 amide bonds. The highest BCUT2D eigenvalue weighted by atomic mass is 19.4. The first-order valence-electron chi connectivity index (χ1n) is 13.2. The van der Waals surface area contributed by atoms with Gasteiger partial charge < -0.3 is 23.8 Å². The van der Waals surface area contributed by atoms with Crippen molar-refractivity contribution in [2.75, 3.05) is 13.7 Å². The zero-order chi connectivity index (χ0) is 28.7. The van der Waals surface area contributed by atoms with Crippen molar-refractivity contribution in [3.8, 4) is 22.8 Å². The fourth-order valence-corrected chi connectivity index (χ4v) is 5.50. The minimum atomic E-state index is -4.55. The van der Waals surface area contributed by atoms with Crippen molar-refractivity contribution in [3.63, 3.8) is 0 Å². The summed E-state index contributed by atoms with van der Waals surface area (Å²) in [5, 5.41) is 0.958. The zero-order valence-corrected chi connectivity index (χ0v) is 22.4. The Hall–Kier alpha value is -4.66. The number of alkyl halides is 3. The number of nitrogens with one attached hydrogen (secondary N) is 1. The molecule has 3 heterocycles. The van der Waals surface area contributed by atoms with Gasteiger partial charge in [0.1, 0.15) is 29.1 Å². The number of para-hydroxylation sites is 1. The molecule has 6 rings (SSSR count). The van der Waals surface area contributed by atoms with E-state index in [0.29, 0.717) is 30.2 Å². The summed E-state index contributed by atoms with van der Waals surface area (Å²) < 4.78 is 58.9. The number of benzene rings is 3. The maximum atomic E-state index is 13.9. The molecule has 0 unspecified atom stereocenters. The van der Waals surface area contributed by atoms with Crippen LogP contribution in [0.5, 0.6) is 11.5 Å². The van der Waals surface area contributed by atoms with Crippen molar-refractivity contribution in [1.29, 1.82) is 0 Å². The maximum Gasteiger partial charge on any atom is 0.417 e. The Bertz CT molecular complexity index is 1710. The van der Waals surface area contributed by atoms with Gasteiger partial charge in [-0.3, -0.25) is 4.79 Å². The van der Waals surface area contributed by atoms with E-state index in [1.807, 2.05) is 36.4 Å². The van der Waals surface area contributed by atoms with Crippen LogP contribution in [0.15, 0.2) is 89.3 Å². The van der Waals surface area contributed by atoms with Crippen LogP contribution in [-0.2, 0) is 17.4 Å². The third kappa shape index (κ3) is 4.92. The van der Waals surface area contributed by atoms with Gasteiger partial charge in [-0.1, -0.05) is 36.4 Å². The Balaban J connectivity index is 1.44. The number of ether oxygens (including phenoxy) is 2. The van der Waals surface area contributed by atoms with Crippen LogP contribution in [0.1, 0.15) is 35.5 Å². The third-order valence-corrected chi connectivity index (χ3v) is 7.42. The van der Waals surface area contributed by atoms with Crippen LogP contribution in [0.3, 0.4) is 0 Å². The first kappa shape index (κ1) is 26.6. The van der Waals surface area contributed by atoms with Crippen LogP contribution in [-0.4, -0.2) is 35.5 Å². The van der Waals surface area contributed by atoms with Gasteiger partial charge >= 0.3 is 6.18 Å². The van der Waals surface area contributed by atoms with Crippen molar-refractivity contribution in [1.82, 2.24) is 9.88 Å². The van der Waals surface area contributed by atoms with Gasteiger partial charge in [-0.25, -0.2) is 0 Å². The Kier molecular flexibility index (Phi) is 6.73. The number of furan rings is 1. The Morgan fingerprint density at radius 2 is 1.76 bits per heavy atom. The Labute approximate surface area is 234 Å². The highest BCUT2D eigenvalue weighted by Crippen LogP contribution is 2.43. The summed E-state index contributed by atoms with van der Waals surface area (Å²) in [6.45, 7) is 2.05. The number of nitrogens with zero attached hydrogens (tertiary/aromatic N) is 1. The largest absolute Gasteiger partial charge is 0.497 e. The summed E-state index contributed by atoms with van der Waals surface area (Å²) in [5.41, 5.74) is 1.74. The van der Waals surface area contributed by atoms with Gasteiger partial charge in [0.15, 0.2) is 6.10 Å². The van der Waals surface area contributed by atoms with Crippen LogP contribution in [0.2, 0.25) is 0 Å². The molecule has 2 aromatic heterocycles. The average molecular weight is 561 g/mol. The second kappa shape index (κ2) is 10.4. The molecule has 210 valence electrons. The molecule has 2 atom stereocenters. The fourth-order valence-electron chi connectivity index (χ4n) is 5.50. The van der Waals surface area contributed by atoms with E-state index < -0.39 is 23.9 Å². The van der Waals surface area contributed by atoms with E-state index in [1.54, 1.807) is 37.1 Å². The van der Waals surface area contributed by atoms with E-state index in [9.17, 15) is 18.0 Å². The molecule has 0 saturated heterocycles. The van der Waals surface area contributed by atoms with Crippen molar-refractivity contribution < 1.29 is 31.9 Å². The number of carbonyl (C=O) groups is 1. The predicted octanol–water partition coefficient (Wildman–Crippen LogP) is 7.40. The molecule has 0 aliphatic carbocycles. The molecule has 0 radical (unpaired) electrons. The number of rotatable bonds is 6. The van der Waals surface area contributed by atoms with E-state index in [2.05, 4.69) is 4.98 Å². The van der Waals surface area contributed by atoms with Gasteiger partial charge in [0, 0.05) is 23.0 Å². The summed E-state index contributed by atoms with van der Waals surface area (Å²) in [6.07, 6.45) is -4.80. The van der Waals surface area contributed by atoms with Crippen molar-refractivity contribution in [3.05, 3.63) is 108 Å². The van der Waals surface area contributed by atoms with Gasteiger partial charge in [-0.15, -0.1) is 0 Å². The van der Waals surface area contributed by atoms with Gasteiger partial charge in [0.25, 0.3) is 5.91 Å². The molecule has 0 bridgehead atoms. The highest BCUT2D eigenvalue weighted by Gasteiger charge is 2.39. The molecule has 9 heteroatoms. The van der Waals surface area contributed by atoms with Gasteiger partial charge in [0.05, 0.1) is 18.4 Å². The van der Waals surface area contributed by atoms with Crippen LogP contribution in [0.25, 0.3) is 22.2 Å². The topological polar surface area (TPSA) is 67.7 Å². The lowest BCUT2D eigenvalue weighted by Gasteiger charge is -2.36. The van der Waals surface area contributed by atoms with Crippen LogP contribution >= 0.6 is 0 Å². The minimum absolute atomic E-state index is 0.0673. The van der Waals surface area contributed by atoms with E-state index >= 15 is 0 Å². The molecule has 41 heavy (non-hydrogen) atoms. The number of aromatic nitrogens is 1. The van der Waals surface area contributed by atoms with Crippen LogP contribution < -0.4 is 9.47 Å². The van der Waals surface area contributed by atoms with Crippen molar-refractivity contribution in [2.24, 2.45) is 0 Å². The minimum Gasteiger partial charge on any atom is -0.497 e. The highest BCUT2D eigenvalue weighted by molar-refractivity contribution is 5.88. The SMILES string of the molecule is COc1ccc2[nH]c3c(c2c1)CCN(C(=O)[C@@H](C)Oc1ccccc1)[C@@H]3c1ccc(-c2ccccc2C(F)(F)F)o1. The molecule has 1 aliphatic heterocycles. The lowest BCUT2D eigenvalue weighted by Crippen LogP contribution is -2.46. The number of fused-ring (bicyclic) bond motifs is 3. The number of H-pyrrole nitrogens is 1. The molecule has 0 fully saturated rings. The smallest absolute Gasteiger partial charge is 0.417 e. The zero-order valence-electron chi connectivity index (χ0n) is 22.4. The van der Waals surface area contributed by atoms with Gasteiger partial charge in [-0.2, -0.15) is 13.2 Å². The Morgan fingerprint density at radius 3 is 2.51 bits per heavy atom.